The minimum Gasteiger partial charge on any atom is -0.464 e. The quantitative estimate of drug-likeness (QED) is 0.457. The number of allylic oxidation sites excluding steroid dienone is 4. The van der Waals surface area contributed by atoms with Gasteiger partial charge in [0.1, 0.15) is 12.8 Å². The number of aliphatic hydroxyl groups excluding tert-OH is 1. The molecule has 0 amide bonds. The Morgan fingerprint density at radius 3 is 2.51 bits per heavy atom. The van der Waals surface area contributed by atoms with E-state index in [9.17, 15) is 14.7 Å². The highest BCUT2D eigenvalue weighted by Crippen LogP contribution is 2.73. The van der Waals surface area contributed by atoms with Crippen molar-refractivity contribution in [3.63, 3.8) is 0 Å². The second kappa shape index (κ2) is 10.0. The topological polar surface area (TPSA) is 92.9 Å². The predicted molar refractivity (Wildman–Crippen MR) is 147 cm³/mol. The van der Waals surface area contributed by atoms with E-state index in [2.05, 4.69) is 25.7 Å². The number of rotatable bonds is 7. The minimum atomic E-state index is -2.17. The monoisotopic (exact) mass is 550 g/mol. The van der Waals surface area contributed by atoms with E-state index >= 15 is 8.78 Å². The Kier molecular flexibility index (Phi) is 7.79. The second-order valence-electron chi connectivity index (χ2n) is 14.5. The van der Waals surface area contributed by atoms with Crippen molar-refractivity contribution in [2.24, 2.45) is 45.1 Å². The summed E-state index contributed by atoms with van der Waals surface area (Å²) in [6.07, 6.45) is 2.42. The number of ether oxygens (including phenoxy) is 1. The number of nitrogens with two attached hydrogens (primary N) is 1. The van der Waals surface area contributed by atoms with Crippen molar-refractivity contribution in [2.75, 3.05) is 33.3 Å². The summed E-state index contributed by atoms with van der Waals surface area (Å²) in [5.74, 6) is -2.11. The molecule has 0 aromatic carbocycles. The number of halogens is 2. The summed E-state index contributed by atoms with van der Waals surface area (Å²) in [5, 5.41) is 11.6. The fraction of sp³-hybridized carbons (Fsp3) is 0.806. The highest BCUT2D eigenvalue weighted by molar-refractivity contribution is 6.01. The molecule has 0 radical (unpaired) electrons. The van der Waals surface area contributed by atoms with Gasteiger partial charge in [-0.2, -0.15) is 0 Å². The van der Waals surface area contributed by atoms with E-state index in [1.54, 1.807) is 6.92 Å². The fourth-order valence-electron chi connectivity index (χ4n) is 8.55. The first-order chi connectivity index (χ1) is 18.0. The van der Waals surface area contributed by atoms with Gasteiger partial charge < -0.3 is 20.5 Å². The van der Waals surface area contributed by atoms with Crippen LogP contribution in [0.2, 0.25) is 0 Å². The van der Waals surface area contributed by atoms with Gasteiger partial charge in [0.2, 0.25) is 0 Å². The standard InChI is InChI=1S/C31H48F2N2O4/c1-27(2,3)10-12-35(7)18-19-14-21-22-16-24(32)23-15-20(36)8-9-28(23,4)31(22,33)25(37)17-29(21,5)30(19,6)26(38)39-13-11-34/h8-9,15,19,21-22,24-25,37H,10-14,16-18,34H2,1-7H3/t19-,21-,22-,24-,25-,28-,29-,30+,31-/m0/s1. The van der Waals surface area contributed by atoms with Gasteiger partial charge in [-0.05, 0) is 93.5 Å². The molecule has 0 aliphatic heterocycles. The number of esters is 1. The van der Waals surface area contributed by atoms with Crippen molar-refractivity contribution in [1.82, 2.24) is 4.90 Å². The maximum absolute atomic E-state index is 17.6. The molecule has 0 bridgehead atoms. The molecule has 4 aliphatic rings. The molecule has 9 atom stereocenters. The highest BCUT2D eigenvalue weighted by atomic mass is 19.1. The largest absolute Gasteiger partial charge is 0.464 e. The van der Waals surface area contributed by atoms with E-state index in [0.717, 1.165) is 13.0 Å². The first-order valence-corrected chi connectivity index (χ1v) is 14.5. The zero-order chi connectivity index (χ0) is 29.2. The number of carbonyl (C=O) groups is 2. The van der Waals surface area contributed by atoms with Crippen LogP contribution in [0.15, 0.2) is 23.8 Å². The number of ketones is 1. The van der Waals surface area contributed by atoms with Gasteiger partial charge in [0.05, 0.1) is 11.5 Å². The van der Waals surface area contributed by atoms with Gasteiger partial charge in [-0.25, -0.2) is 8.78 Å². The van der Waals surface area contributed by atoms with Crippen LogP contribution in [0.1, 0.15) is 67.2 Å². The molecule has 8 heteroatoms. The van der Waals surface area contributed by atoms with E-state index < -0.39 is 40.1 Å². The highest BCUT2D eigenvalue weighted by Gasteiger charge is 2.76. The van der Waals surface area contributed by atoms with Crippen LogP contribution in [-0.2, 0) is 14.3 Å². The Morgan fingerprint density at radius 1 is 1.23 bits per heavy atom. The van der Waals surface area contributed by atoms with Crippen LogP contribution in [-0.4, -0.2) is 73.0 Å². The number of hydrogen-bond donors (Lipinski definition) is 2. The molecule has 39 heavy (non-hydrogen) atoms. The van der Waals surface area contributed by atoms with Crippen LogP contribution < -0.4 is 5.73 Å². The molecule has 0 unspecified atom stereocenters. The SMILES string of the molecule is CN(CCC(C)(C)C)C[C@@H]1C[C@H]2[C@@H]3C[C@H](F)C4=CC(=O)C=C[C@]4(C)[C@@]3(F)[C@@H](O)C[C@]2(C)[C@@]1(C)C(=O)OCCN. The molecule has 4 aliphatic carbocycles. The van der Waals surface area contributed by atoms with Crippen LogP contribution in [0.25, 0.3) is 0 Å². The van der Waals surface area contributed by atoms with E-state index in [-0.39, 0.29) is 60.6 Å². The van der Waals surface area contributed by atoms with Gasteiger partial charge in [0, 0.05) is 24.4 Å². The number of nitrogens with zero attached hydrogens (tertiary/aromatic N) is 1. The molecule has 220 valence electrons. The molecule has 0 aromatic rings. The summed E-state index contributed by atoms with van der Waals surface area (Å²) in [6.45, 7) is 13.8. The molecule has 6 nitrogen and oxygen atoms in total. The average Bonchev–Trinajstić information content (AvgIpc) is 3.06. The van der Waals surface area contributed by atoms with Crippen LogP contribution in [0.4, 0.5) is 8.78 Å². The summed E-state index contributed by atoms with van der Waals surface area (Å²) in [5.41, 5.74) is 0.464. The van der Waals surface area contributed by atoms with E-state index in [0.29, 0.717) is 13.0 Å². The van der Waals surface area contributed by atoms with Gasteiger partial charge in [0.15, 0.2) is 11.5 Å². The van der Waals surface area contributed by atoms with Gasteiger partial charge >= 0.3 is 5.97 Å². The first kappa shape index (κ1) is 30.3. The Hall–Kier alpha value is -1.64. The molecular weight excluding hydrogens is 502 g/mol. The van der Waals surface area contributed by atoms with Crippen LogP contribution >= 0.6 is 0 Å². The number of hydrogen-bond acceptors (Lipinski definition) is 6. The molecule has 4 rings (SSSR count). The second-order valence-corrected chi connectivity index (χ2v) is 14.5. The minimum absolute atomic E-state index is 0.0444. The molecular formula is C31H48F2N2O4. The zero-order valence-electron chi connectivity index (χ0n) is 24.7. The number of alkyl halides is 2. The third kappa shape index (κ3) is 4.53. The van der Waals surface area contributed by atoms with Crippen molar-refractivity contribution in [1.29, 1.82) is 0 Å². The summed E-state index contributed by atoms with van der Waals surface area (Å²) in [7, 11) is 2.04. The third-order valence-electron chi connectivity index (χ3n) is 11.1. The molecule has 3 fully saturated rings. The molecule has 0 saturated heterocycles. The van der Waals surface area contributed by atoms with Crippen molar-refractivity contribution in [3.05, 3.63) is 23.8 Å². The van der Waals surface area contributed by atoms with Gasteiger partial charge in [-0.1, -0.05) is 33.8 Å². The van der Waals surface area contributed by atoms with Gasteiger partial charge in [-0.15, -0.1) is 0 Å². The third-order valence-corrected chi connectivity index (χ3v) is 11.1. The van der Waals surface area contributed by atoms with Gasteiger partial charge in [-0.3, -0.25) is 9.59 Å². The molecule has 0 aromatic heterocycles. The summed E-state index contributed by atoms with van der Waals surface area (Å²) < 4.78 is 39.0. The number of aliphatic hydroxyl groups is 1. The van der Waals surface area contributed by atoms with Crippen LogP contribution in [0.3, 0.4) is 0 Å². The molecule has 0 spiro atoms. The smallest absolute Gasteiger partial charge is 0.312 e. The lowest BCUT2D eigenvalue weighted by Gasteiger charge is -2.63. The van der Waals surface area contributed by atoms with E-state index in [4.69, 9.17) is 10.5 Å². The maximum Gasteiger partial charge on any atom is 0.312 e. The predicted octanol–water partition coefficient (Wildman–Crippen LogP) is 4.41. The number of fused-ring (bicyclic) bond motifs is 5. The molecule has 3 N–H and O–H groups in total. The van der Waals surface area contributed by atoms with Crippen LogP contribution in [0, 0.1) is 39.4 Å². The Bertz CT molecular complexity index is 1060. The lowest BCUT2D eigenvalue weighted by molar-refractivity contribution is -0.216. The van der Waals surface area contributed by atoms with Crippen molar-refractivity contribution in [2.45, 2.75) is 85.2 Å². The molecule has 3 saturated carbocycles. The van der Waals surface area contributed by atoms with Crippen molar-refractivity contribution in [3.8, 4) is 0 Å². The normalized spacial score (nSPS) is 43.5. The van der Waals surface area contributed by atoms with E-state index in [1.165, 1.54) is 18.2 Å². The Morgan fingerprint density at radius 2 is 1.90 bits per heavy atom. The number of carbonyl (C=O) groups excluding carboxylic acids is 2. The van der Waals surface area contributed by atoms with Crippen LogP contribution in [0.5, 0.6) is 0 Å². The Labute approximate surface area is 232 Å². The Balaban J connectivity index is 1.76. The summed E-state index contributed by atoms with van der Waals surface area (Å²) in [4.78, 5) is 28.2. The van der Waals surface area contributed by atoms with Crippen molar-refractivity contribution < 1.29 is 28.2 Å². The summed E-state index contributed by atoms with van der Waals surface area (Å²) >= 11 is 0. The average molecular weight is 551 g/mol. The van der Waals surface area contributed by atoms with Gasteiger partial charge in [0.25, 0.3) is 0 Å². The molecule has 0 heterocycles. The maximum atomic E-state index is 17.6. The first-order valence-electron chi connectivity index (χ1n) is 14.5. The lowest BCUT2D eigenvalue weighted by atomic mass is 9.43. The zero-order valence-corrected chi connectivity index (χ0v) is 24.7. The van der Waals surface area contributed by atoms with E-state index in [1.807, 2.05) is 20.9 Å². The van der Waals surface area contributed by atoms with Crippen molar-refractivity contribution >= 4 is 11.8 Å². The fourth-order valence-corrected chi connectivity index (χ4v) is 8.55. The lowest BCUT2D eigenvalue weighted by Crippen LogP contribution is -2.69. The summed E-state index contributed by atoms with van der Waals surface area (Å²) in [6, 6.07) is 0.